The quantitative estimate of drug-likeness (QED) is 0.410. The highest BCUT2D eigenvalue weighted by Gasteiger charge is 1.89. The molecule has 0 aliphatic rings. The third-order valence-corrected chi connectivity index (χ3v) is 2.80. The van der Waals surface area contributed by atoms with Crippen molar-refractivity contribution in [2.24, 2.45) is 0 Å². The molecule has 0 bridgehead atoms. The molecule has 0 heterocycles. The predicted octanol–water partition coefficient (Wildman–Crippen LogP) is 3.53. The smallest absolute Gasteiger partial charge is 0.00860 e. The van der Waals surface area contributed by atoms with Crippen LogP contribution in [0.25, 0.3) is 0 Å². The van der Waals surface area contributed by atoms with Gasteiger partial charge in [0.05, 0.1) is 0 Å². The molecule has 0 aliphatic heterocycles. The summed E-state index contributed by atoms with van der Waals surface area (Å²) < 4.78 is 0. The Hall–Kier alpha value is -0.0900. The van der Waals surface area contributed by atoms with E-state index >= 15 is 0 Å². The second kappa shape index (κ2) is 10.9. The Labute approximate surface area is 81.5 Å². The Kier molecular flexibility index (Phi) is 10.8. The first kappa shape index (κ1) is 11.9. The lowest BCUT2D eigenvalue weighted by Crippen LogP contribution is -1.83. The highest BCUT2D eigenvalue weighted by molar-refractivity contribution is 7.99. The summed E-state index contributed by atoms with van der Waals surface area (Å²) in [6.07, 6.45) is 12.3. The molecule has 0 atom stereocenters. The molecule has 0 N–H and O–H groups in total. The lowest BCUT2D eigenvalue weighted by molar-refractivity contribution is 0.683. The standard InChI is InChI=1S/C11H19S/c1-3-5-6-7-8-9-11-12-10-4-2/h1H,2,4-11H2. The molecule has 0 nitrogen and oxygen atoms in total. The van der Waals surface area contributed by atoms with Crippen LogP contribution in [0.3, 0.4) is 0 Å². The van der Waals surface area contributed by atoms with Crippen molar-refractivity contribution < 1.29 is 0 Å². The number of hydrogen-bond acceptors (Lipinski definition) is 1. The van der Waals surface area contributed by atoms with E-state index in [-0.39, 0.29) is 0 Å². The van der Waals surface area contributed by atoms with E-state index in [1.165, 1.54) is 37.2 Å². The molecule has 0 aromatic heterocycles. The number of thioether (sulfide) groups is 1. The van der Waals surface area contributed by atoms with Gasteiger partial charge in [-0.15, -0.1) is 12.3 Å². The summed E-state index contributed by atoms with van der Waals surface area (Å²) in [6.45, 7) is 3.80. The second-order valence-corrected chi connectivity index (χ2v) is 4.06. The fourth-order valence-corrected chi connectivity index (χ4v) is 1.81. The van der Waals surface area contributed by atoms with Crippen molar-refractivity contribution in [3.05, 3.63) is 6.92 Å². The average molecular weight is 183 g/mol. The number of hydrogen-bond donors (Lipinski definition) is 0. The van der Waals surface area contributed by atoms with Crippen LogP contribution in [0.5, 0.6) is 0 Å². The first-order chi connectivity index (χ1) is 5.91. The van der Waals surface area contributed by atoms with Crippen LogP contribution in [-0.2, 0) is 0 Å². The van der Waals surface area contributed by atoms with Gasteiger partial charge >= 0.3 is 0 Å². The van der Waals surface area contributed by atoms with E-state index in [0.717, 1.165) is 12.8 Å². The Morgan fingerprint density at radius 1 is 1.08 bits per heavy atom. The van der Waals surface area contributed by atoms with Crippen LogP contribution >= 0.6 is 11.8 Å². The van der Waals surface area contributed by atoms with Crippen molar-refractivity contribution in [3.63, 3.8) is 0 Å². The Morgan fingerprint density at radius 2 is 1.83 bits per heavy atom. The van der Waals surface area contributed by atoms with Crippen molar-refractivity contribution in [1.29, 1.82) is 0 Å². The minimum Gasteiger partial charge on any atom is -0.162 e. The van der Waals surface area contributed by atoms with Crippen LogP contribution < -0.4 is 0 Å². The summed E-state index contributed by atoms with van der Waals surface area (Å²) in [7, 11) is 0. The topological polar surface area (TPSA) is 0 Å². The molecule has 0 saturated heterocycles. The summed E-state index contributed by atoms with van der Waals surface area (Å²) in [5, 5.41) is 0. The first-order valence-corrected chi connectivity index (χ1v) is 5.87. The van der Waals surface area contributed by atoms with E-state index in [2.05, 4.69) is 12.8 Å². The summed E-state index contributed by atoms with van der Waals surface area (Å²) in [5.41, 5.74) is 0. The monoisotopic (exact) mass is 183 g/mol. The van der Waals surface area contributed by atoms with Gasteiger partial charge in [-0.1, -0.05) is 19.8 Å². The average Bonchev–Trinajstić information content (AvgIpc) is 2.10. The highest BCUT2D eigenvalue weighted by Crippen LogP contribution is 2.08. The van der Waals surface area contributed by atoms with Crippen LogP contribution in [0, 0.1) is 19.3 Å². The molecule has 0 aromatic rings. The third kappa shape index (κ3) is 9.91. The van der Waals surface area contributed by atoms with Gasteiger partial charge in [-0.3, -0.25) is 0 Å². The molecule has 12 heavy (non-hydrogen) atoms. The lowest BCUT2D eigenvalue weighted by atomic mass is 10.2. The maximum atomic E-state index is 5.15. The first-order valence-electron chi connectivity index (χ1n) is 4.72. The highest BCUT2D eigenvalue weighted by atomic mass is 32.2. The zero-order chi connectivity index (χ0) is 9.07. The molecule has 0 rings (SSSR count). The van der Waals surface area contributed by atoms with E-state index in [1.807, 2.05) is 11.8 Å². The second-order valence-electron chi connectivity index (χ2n) is 2.83. The largest absolute Gasteiger partial charge is 0.162 e. The summed E-state index contributed by atoms with van der Waals surface area (Å²) in [5.74, 6) is 5.18. The van der Waals surface area contributed by atoms with Crippen LogP contribution in [-0.4, -0.2) is 11.5 Å². The molecule has 0 unspecified atom stereocenters. The fraction of sp³-hybridized carbons (Fsp3) is 0.727. The van der Waals surface area contributed by atoms with Gasteiger partial charge in [-0.05, 0) is 30.8 Å². The van der Waals surface area contributed by atoms with Gasteiger partial charge in [0.25, 0.3) is 0 Å². The molecule has 69 valence electrons. The molecule has 0 amide bonds. The van der Waals surface area contributed by atoms with Gasteiger partial charge in [0.2, 0.25) is 0 Å². The van der Waals surface area contributed by atoms with Crippen molar-refractivity contribution >= 4 is 11.8 Å². The predicted molar refractivity (Wildman–Crippen MR) is 59.2 cm³/mol. The third-order valence-electron chi connectivity index (χ3n) is 1.65. The van der Waals surface area contributed by atoms with Gasteiger partial charge in [-0.2, -0.15) is 11.8 Å². The summed E-state index contributed by atoms with van der Waals surface area (Å²) in [4.78, 5) is 0. The van der Waals surface area contributed by atoms with E-state index in [0.29, 0.717) is 0 Å². The molecule has 1 heteroatoms. The van der Waals surface area contributed by atoms with E-state index in [9.17, 15) is 0 Å². The molecule has 0 fully saturated rings. The van der Waals surface area contributed by atoms with Crippen molar-refractivity contribution in [2.75, 3.05) is 11.5 Å². The van der Waals surface area contributed by atoms with Gasteiger partial charge in [0.1, 0.15) is 0 Å². The fourth-order valence-electron chi connectivity index (χ4n) is 0.989. The van der Waals surface area contributed by atoms with Crippen LogP contribution in [0.2, 0.25) is 0 Å². The minimum absolute atomic E-state index is 0.950. The van der Waals surface area contributed by atoms with Gasteiger partial charge in [0.15, 0.2) is 0 Å². The molecular formula is C11H19S. The summed E-state index contributed by atoms with van der Waals surface area (Å²) in [6, 6.07) is 0. The Bertz CT molecular complexity index is 113. The van der Waals surface area contributed by atoms with Gasteiger partial charge in [-0.25, -0.2) is 0 Å². The molecular weight excluding hydrogens is 164 g/mol. The maximum Gasteiger partial charge on any atom is 0.00860 e. The zero-order valence-corrected chi connectivity index (χ0v) is 8.67. The van der Waals surface area contributed by atoms with Gasteiger partial charge in [0, 0.05) is 6.42 Å². The van der Waals surface area contributed by atoms with Crippen molar-refractivity contribution in [2.45, 2.75) is 38.5 Å². The zero-order valence-electron chi connectivity index (χ0n) is 7.85. The van der Waals surface area contributed by atoms with E-state index in [4.69, 9.17) is 6.42 Å². The SMILES string of the molecule is C#CCCCCCCSCC[CH2]. The summed E-state index contributed by atoms with van der Waals surface area (Å²) >= 11 is 2.01. The van der Waals surface area contributed by atoms with E-state index < -0.39 is 0 Å². The number of terminal acetylenes is 1. The lowest BCUT2D eigenvalue weighted by Gasteiger charge is -1.98. The van der Waals surface area contributed by atoms with Crippen LogP contribution in [0.1, 0.15) is 38.5 Å². The maximum absolute atomic E-state index is 5.15. The van der Waals surface area contributed by atoms with Gasteiger partial charge < -0.3 is 0 Å². The van der Waals surface area contributed by atoms with Crippen molar-refractivity contribution in [3.8, 4) is 12.3 Å². The number of unbranched alkanes of at least 4 members (excludes halogenated alkanes) is 4. The Morgan fingerprint density at radius 3 is 2.50 bits per heavy atom. The van der Waals surface area contributed by atoms with Crippen LogP contribution in [0.15, 0.2) is 0 Å². The molecule has 0 spiro atoms. The number of rotatable bonds is 8. The molecule has 0 aliphatic carbocycles. The van der Waals surface area contributed by atoms with Crippen LogP contribution in [0.4, 0.5) is 0 Å². The molecule has 0 saturated carbocycles. The minimum atomic E-state index is 0.950. The van der Waals surface area contributed by atoms with Crippen molar-refractivity contribution in [1.82, 2.24) is 0 Å². The molecule has 0 aromatic carbocycles. The van der Waals surface area contributed by atoms with E-state index in [1.54, 1.807) is 0 Å². The Balaban J connectivity index is 2.78. The molecule has 1 radical (unpaired) electrons. The normalized spacial score (nSPS) is 9.67.